The molecule has 2 aromatic rings. The van der Waals surface area contributed by atoms with Crippen LogP contribution in [0.25, 0.3) is 0 Å². The number of hydrogen-bond donors (Lipinski definition) is 0. The van der Waals surface area contributed by atoms with E-state index in [4.69, 9.17) is 0 Å². The van der Waals surface area contributed by atoms with Gasteiger partial charge in [0.25, 0.3) is 0 Å². The van der Waals surface area contributed by atoms with Crippen LogP contribution >= 0.6 is 0 Å². The molecule has 0 spiro atoms. The van der Waals surface area contributed by atoms with Gasteiger partial charge in [-0.15, -0.1) is 0 Å². The minimum Gasteiger partial charge on any atom is -0.315 e. The molecule has 1 aromatic heterocycles. The van der Waals surface area contributed by atoms with Gasteiger partial charge in [-0.05, 0) is 48.9 Å². The van der Waals surface area contributed by atoms with Crippen LogP contribution in [0.2, 0.25) is 0 Å². The minimum atomic E-state index is 0.0964. The SMILES string of the molecule is Cc1cccc(N(C)C(=O)C2CC2c2cnn(C)c2)c1C. The molecule has 0 saturated heterocycles. The molecule has 1 aromatic carbocycles. The highest BCUT2D eigenvalue weighted by molar-refractivity contribution is 5.97. The number of carbonyl (C=O) groups is 1. The third-order valence-corrected chi connectivity index (χ3v) is 4.53. The van der Waals surface area contributed by atoms with Gasteiger partial charge in [-0.25, -0.2) is 0 Å². The topological polar surface area (TPSA) is 38.1 Å². The van der Waals surface area contributed by atoms with Crippen molar-refractivity contribution in [2.24, 2.45) is 13.0 Å². The first-order chi connectivity index (χ1) is 9.99. The summed E-state index contributed by atoms with van der Waals surface area (Å²) in [4.78, 5) is 14.5. The summed E-state index contributed by atoms with van der Waals surface area (Å²) in [5.41, 5.74) is 4.57. The van der Waals surface area contributed by atoms with Crippen LogP contribution in [0, 0.1) is 19.8 Å². The lowest BCUT2D eigenvalue weighted by atomic mass is 10.1. The summed E-state index contributed by atoms with van der Waals surface area (Å²) in [6.07, 6.45) is 4.81. The van der Waals surface area contributed by atoms with Crippen LogP contribution in [-0.4, -0.2) is 22.7 Å². The second kappa shape index (κ2) is 5.02. The maximum absolute atomic E-state index is 12.7. The number of hydrogen-bond acceptors (Lipinski definition) is 2. The van der Waals surface area contributed by atoms with Crippen LogP contribution in [0.5, 0.6) is 0 Å². The highest BCUT2D eigenvalue weighted by Gasteiger charge is 2.46. The van der Waals surface area contributed by atoms with Crippen LogP contribution < -0.4 is 4.90 Å². The maximum Gasteiger partial charge on any atom is 0.230 e. The standard InChI is InChI=1S/C17H21N3O/c1-11-6-5-7-16(12(11)2)20(4)17(21)15-8-14(15)13-9-18-19(3)10-13/h5-7,9-10,14-15H,8H2,1-4H3. The summed E-state index contributed by atoms with van der Waals surface area (Å²) in [7, 11) is 3.79. The quantitative estimate of drug-likeness (QED) is 0.868. The van der Waals surface area contributed by atoms with E-state index in [0.717, 1.165) is 12.1 Å². The van der Waals surface area contributed by atoms with E-state index in [1.165, 1.54) is 16.7 Å². The Labute approximate surface area is 125 Å². The fourth-order valence-corrected chi connectivity index (χ4v) is 2.93. The fraction of sp³-hybridized carbons (Fsp3) is 0.412. The van der Waals surface area contributed by atoms with Crippen molar-refractivity contribution in [3.63, 3.8) is 0 Å². The van der Waals surface area contributed by atoms with Crippen molar-refractivity contribution in [1.82, 2.24) is 9.78 Å². The first-order valence-electron chi connectivity index (χ1n) is 7.31. The van der Waals surface area contributed by atoms with Crippen LogP contribution in [0.1, 0.15) is 29.0 Å². The molecule has 1 fully saturated rings. The predicted octanol–water partition coefficient (Wildman–Crippen LogP) is 2.80. The normalized spacial score (nSPS) is 20.4. The number of benzene rings is 1. The molecule has 1 heterocycles. The molecule has 2 unspecified atom stereocenters. The Kier molecular flexibility index (Phi) is 3.32. The number of amides is 1. The molecule has 1 saturated carbocycles. The molecule has 0 N–H and O–H groups in total. The highest BCUT2D eigenvalue weighted by Crippen LogP contribution is 2.48. The van der Waals surface area contributed by atoms with Gasteiger partial charge in [0.05, 0.1) is 6.20 Å². The molecular weight excluding hydrogens is 262 g/mol. The summed E-state index contributed by atoms with van der Waals surface area (Å²) in [6.45, 7) is 4.15. The molecule has 0 bridgehead atoms. The van der Waals surface area contributed by atoms with Crippen LogP contribution in [-0.2, 0) is 11.8 Å². The number of anilines is 1. The van der Waals surface area contributed by atoms with E-state index in [-0.39, 0.29) is 11.8 Å². The molecule has 4 nitrogen and oxygen atoms in total. The summed E-state index contributed by atoms with van der Waals surface area (Å²) in [6, 6.07) is 6.10. The molecule has 3 rings (SSSR count). The van der Waals surface area contributed by atoms with E-state index >= 15 is 0 Å². The molecule has 1 aliphatic carbocycles. The highest BCUT2D eigenvalue weighted by atomic mass is 16.2. The summed E-state index contributed by atoms with van der Waals surface area (Å²) < 4.78 is 1.80. The van der Waals surface area contributed by atoms with Gasteiger partial charge in [-0.1, -0.05) is 12.1 Å². The molecule has 1 amide bonds. The van der Waals surface area contributed by atoms with E-state index in [2.05, 4.69) is 25.0 Å². The fourth-order valence-electron chi connectivity index (χ4n) is 2.93. The lowest BCUT2D eigenvalue weighted by molar-refractivity contribution is -0.119. The van der Waals surface area contributed by atoms with Gasteiger partial charge in [-0.3, -0.25) is 9.48 Å². The van der Waals surface area contributed by atoms with Gasteiger partial charge in [0, 0.05) is 31.9 Å². The Bertz CT molecular complexity index is 689. The third kappa shape index (κ3) is 2.46. The molecule has 1 aliphatic rings. The number of nitrogens with zero attached hydrogens (tertiary/aromatic N) is 3. The lowest BCUT2D eigenvalue weighted by Gasteiger charge is -2.20. The number of aromatic nitrogens is 2. The summed E-state index contributed by atoms with van der Waals surface area (Å²) in [5.74, 6) is 0.635. The zero-order valence-corrected chi connectivity index (χ0v) is 13.0. The van der Waals surface area contributed by atoms with Crippen LogP contribution in [0.3, 0.4) is 0 Å². The zero-order valence-electron chi connectivity index (χ0n) is 13.0. The van der Waals surface area contributed by atoms with Gasteiger partial charge in [-0.2, -0.15) is 5.10 Å². The monoisotopic (exact) mass is 283 g/mol. The molecule has 0 radical (unpaired) electrons. The number of carbonyl (C=O) groups excluding carboxylic acids is 1. The predicted molar refractivity (Wildman–Crippen MR) is 83.4 cm³/mol. The van der Waals surface area contributed by atoms with Gasteiger partial charge in [0.2, 0.25) is 5.91 Å². The van der Waals surface area contributed by atoms with Crippen molar-refractivity contribution >= 4 is 11.6 Å². The zero-order chi connectivity index (χ0) is 15.1. The third-order valence-electron chi connectivity index (χ3n) is 4.53. The number of aryl methyl sites for hydroxylation is 2. The molecule has 110 valence electrons. The molecule has 2 atom stereocenters. The van der Waals surface area contributed by atoms with Crippen molar-refractivity contribution in [1.29, 1.82) is 0 Å². The van der Waals surface area contributed by atoms with Gasteiger partial charge in [0.1, 0.15) is 0 Å². The van der Waals surface area contributed by atoms with Gasteiger partial charge >= 0.3 is 0 Å². The molecule has 0 aliphatic heterocycles. The van der Waals surface area contributed by atoms with Gasteiger partial charge < -0.3 is 4.90 Å². The smallest absolute Gasteiger partial charge is 0.230 e. The summed E-state index contributed by atoms with van der Waals surface area (Å²) in [5, 5.41) is 4.19. The Morgan fingerprint density at radius 2 is 2.14 bits per heavy atom. The minimum absolute atomic E-state index is 0.0964. The van der Waals surface area contributed by atoms with Crippen molar-refractivity contribution in [2.75, 3.05) is 11.9 Å². The van der Waals surface area contributed by atoms with Crippen LogP contribution in [0.4, 0.5) is 5.69 Å². The molecular formula is C17H21N3O. The second-order valence-corrected chi connectivity index (χ2v) is 6.01. The van der Waals surface area contributed by atoms with E-state index in [0.29, 0.717) is 5.92 Å². The van der Waals surface area contributed by atoms with E-state index in [1.54, 1.807) is 4.68 Å². The van der Waals surface area contributed by atoms with Crippen molar-refractivity contribution < 1.29 is 4.79 Å². The average molecular weight is 283 g/mol. The van der Waals surface area contributed by atoms with Crippen molar-refractivity contribution in [3.8, 4) is 0 Å². The van der Waals surface area contributed by atoms with E-state index < -0.39 is 0 Å². The first-order valence-corrected chi connectivity index (χ1v) is 7.31. The first kappa shape index (κ1) is 13.9. The van der Waals surface area contributed by atoms with E-state index in [1.807, 2.05) is 43.5 Å². The largest absolute Gasteiger partial charge is 0.315 e. The Morgan fingerprint density at radius 3 is 2.81 bits per heavy atom. The molecule has 21 heavy (non-hydrogen) atoms. The lowest BCUT2D eigenvalue weighted by Crippen LogP contribution is -2.29. The Hall–Kier alpha value is -2.10. The average Bonchev–Trinajstić information content (AvgIpc) is 3.15. The van der Waals surface area contributed by atoms with Crippen LogP contribution in [0.15, 0.2) is 30.6 Å². The van der Waals surface area contributed by atoms with Crippen molar-refractivity contribution in [2.45, 2.75) is 26.2 Å². The maximum atomic E-state index is 12.7. The van der Waals surface area contributed by atoms with Crippen molar-refractivity contribution in [3.05, 3.63) is 47.3 Å². The number of rotatable bonds is 3. The van der Waals surface area contributed by atoms with E-state index in [9.17, 15) is 4.79 Å². The Morgan fingerprint density at radius 1 is 1.38 bits per heavy atom. The summed E-state index contributed by atoms with van der Waals surface area (Å²) >= 11 is 0. The van der Waals surface area contributed by atoms with Gasteiger partial charge in [0.15, 0.2) is 0 Å². The molecule has 4 heteroatoms. The second-order valence-electron chi connectivity index (χ2n) is 6.01. The Balaban J connectivity index is 1.76.